The first kappa shape index (κ1) is 45.4. The Hall–Kier alpha value is -7.17. The van der Waals surface area contributed by atoms with Crippen molar-refractivity contribution in [2.45, 2.75) is 68.0 Å². The van der Waals surface area contributed by atoms with Crippen LogP contribution in [-0.4, -0.2) is 96.8 Å². The first-order valence-corrected chi connectivity index (χ1v) is 22.3. The molecule has 15 nitrogen and oxygen atoms in total. The molecule has 3 saturated heterocycles. The Labute approximate surface area is 386 Å². The number of hydrogen-bond donors (Lipinski definition) is 3. The monoisotopic (exact) mass is 911 g/mol. The molecule has 0 spiro atoms. The number of thioether (sulfide) groups is 1. The lowest BCUT2D eigenvalue weighted by Gasteiger charge is -2.52. The molecule has 0 radical (unpaired) electrons. The SMILES string of the molecule is CC1(C)S[C@H]2N(C(=O)[C@@]2(CO)NC(=O)C(NC(=O)N2CCN(Cc3ccc(OCc4ccccc4)c(OCc4ccccc4)c3)C(=O)C2=O)c2ccccc2)[C@H]1C(=O)OCc1ccccc1. The topological polar surface area (TPSA) is 184 Å². The zero-order valence-corrected chi connectivity index (χ0v) is 37.1. The first-order chi connectivity index (χ1) is 31.9. The number of piperazine rings is 1. The van der Waals surface area contributed by atoms with Crippen molar-refractivity contribution in [2.24, 2.45) is 0 Å². The molecule has 3 N–H and O–H groups in total. The van der Waals surface area contributed by atoms with Crippen molar-refractivity contribution in [3.8, 4) is 11.5 Å². The van der Waals surface area contributed by atoms with E-state index in [4.69, 9.17) is 14.2 Å². The minimum Gasteiger partial charge on any atom is -0.485 e. The van der Waals surface area contributed by atoms with Gasteiger partial charge in [-0.25, -0.2) is 9.59 Å². The molecular formula is C50H49N5O10S. The van der Waals surface area contributed by atoms with E-state index in [-0.39, 0.29) is 32.8 Å². The van der Waals surface area contributed by atoms with E-state index in [0.717, 1.165) is 21.6 Å². The fraction of sp³-hybridized carbons (Fsp3) is 0.280. The first-order valence-electron chi connectivity index (χ1n) is 21.4. The predicted molar refractivity (Wildman–Crippen MR) is 243 cm³/mol. The van der Waals surface area contributed by atoms with Crippen molar-refractivity contribution >= 4 is 47.4 Å². The van der Waals surface area contributed by atoms with Crippen LogP contribution < -0.4 is 20.1 Å². The van der Waals surface area contributed by atoms with Crippen molar-refractivity contribution in [1.82, 2.24) is 25.3 Å². The van der Waals surface area contributed by atoms with Crippen LogP contribution in [0.3, 0.4) is 0 Å². The van der Waals surface area contributed by atoms with Crippen molar-refractivity contribution in [3.63, 3.8) is 0 Å². The second-order valence-corrected chi connectivity index (χ2v) is 18.4. The van der Waals surface area contributed by atoms with Crippen molar-refractivity contribution in [3.05, 3.63) is 167 Å². The van der Waals surface area contributed by atoms with Gasteiger partial charge in [-0.1, -0.05) is 127 Å². The Kier molecular flexibility index (Phi) is 13.4. The Morgan fingerprint density at radius 2 is 1.27 bits per heavy atom. The largest absolute Gasteiger partial charge is 0.485 e. The highest BCUT2D eigenvalue weighted by Crippen LogP contribution is 2.55. The van der Waals surface area contributed by atoms with Gasteiger partial charge in [0.15, 0.2) is 17.0 Å². The van der Waals surface area contributed by atoms with Crippen LogP contribution in [0.25, 0.3) is 0 Å². The maximum atomic E-state index is 14.3. The number of aliphatic hydroxyl groups excluding tert-OH is 1. The van der Waals surface area contributed by atoms with E-state index >= 15 is 0 Å². The van der Waals surface area contributed by atoms with Crippen LogP contribution in [0, 0.1) is 0 Å². The fourth-order valence-corrected chi connectivity index (χ4v) is 9.93. The van der Waals surface area contributed by atoms with Gasteiger partial charge in [-0.3, -0.25) is 24.1 Å². The van der Waals surface area contributed by atoms with Gasteiger partial charge in [-0.15, -0.1) is 11.8 Å². The number of nitrogens with zero attached hydrogens (tertiary/aromatic N) is 3. The molecule has 16 heteroatoms. The van der Waals surface area contributed by atoms with E-state index in [1.807, 2.05) is 91.0 Å². The smallest absolute Gasteiger partial charge is 0.330 e. The number of imide groups is 1. The second-order valence-electron chi connectivity index (χ2n) is 16.7. The molecule has 340 valence electrons. The minimum absolute atomic E-state index is 0.00151. The summed E-state index contributed by atoms with van der Waals surface area (Å²) < 4.78 is 17.1. The molecule has 6 amide bonds. The van der Waals surface area contributed by atoms with E-state index in [9.17, 15) is 33.9 Å². The number of fused-ring (bicyclic) bond motifs is 1. The fourth-order valence-electron chi connectivity index (χ4n) is 8.25. The van der Waals surface area contributed by atoms with Crippen molar-refractivity contribution < 1.29 is 48.1 Å². The standard InChI is InChI=1S/C50H49N5O10S/c1-49(2)41(45(60)65-31-35-19-11-5-12-20-35)55-46(61)50(32-56,47(55)66-49)52-42(57)40(37-21-13-6-14-22-37)51-48(62)54-26-25-53(43(58)44(54)59)28-36-23-24-38(63-29-33-15-7-3-8-16-33)39(27-36)64-30-34-17-9-4-10-18-34/h3-24,27,40-41,47,56H,25-26,28-32H2,1-2H3,(H,51,62)(H,52,57)/t40?,41-,47+,50+/m0/s1. The number of carbonyl (C=O) groups is 6. The molecule has 0 aliphatic carbocycles. The molecule has 3 aliphatic heterocycles. The molecule has 0 saturated carbocycles. The zero-order valence-electron chi connectivity index (χ0n) is 36.3. The average molecular weight is 912 g/mol. The highest BCUT2D eigenvalue weighted by atomic mass is 32.2. The lowest BCUT2D eigenvalue weighted by Crippen LogP contribution is -2.81. The molecular weight excluding hydrogens is 863 g/mol. The summed E-state index contributed by atoms with van der Waals surface area (Å²) in [5, 5.41) is 15.2. The van der Waals surface area contributed by atoms with Gasteiger partial charge in [0.1, 0.15) is 37.3 Å². The Bertz CT molecular complexity index is 2590. The number of carbonyl (C=O) groups excluding carboxylic acids is 6. The summed E-state index contributed by atoms with van der Waals surface area (Å²) in [5.41, 5.74) is 1.80. The summed E-state index contributed by atoms with van der Waals surface area (Å²) in [6.45, 7) is 3.17. The van der Waals surface area contributed by atoms with Crippen LogP contribution in [-0.2, 0) is 55.1 Å². The van der Waals surface area contributed by atoms with Crippen LogP contribution in [0.5, 0.6) is 11.5 Å². The normalized spacial score (nSPS) is 20.2. The number of amides is 6. The third-order valence-corrected chi connectivity index (χ3v) is 13.4. The number of ether oxygens (including phenoxy) is 3. The quantitative estimate of drug-likeness (QED) is 0.0679. The van der Waals surface area contributed by atoms with Crippen LogP contribution in [0.15, 0.2) is 140 Å². The van der Waals surface area contributed by atoms with Crippen molar-refractivity contribution in [2.75, 3.05) is 19.7 Å². The number of esters is 1. The second kappa shape index (κ2) is 19.5. The Morgan fingerprint density at radius 3 is 1.86 bits per heavy atom. The van der Waals surface area contributed by atoms with Crippen molar-refractivity contribution in [1.29, 1.82) is 0 Å². The van der Waals surface area contributed by atoms with Gasteiger partial charge in [-0.2, -0.15) is 0 Å². The molecule has 0 bridgehead atoms. The van der Waals surface area contributed by atoms with Gasteiger partial charge < -0.3 is 39.8 Å². The van der Waals surface area contributed by atoms with Crippen LogP contribution in [0.4, 0.5) is 4.79 Å². The number of β-lactam (4-membered cyclic amide) rings is 1. The summed E-state index contributed by atoms with van der Waals surface area (Å²) in [4.78, 5) is 86.4. The highest BCUT2D eigenvalue weighted by molar-refractivity contribution is 8.01. The van der Waals surface area contributed by atoms with Crippen LogP contribution in [0.1, 0.15) is 47.7 Å². The summed E-state index contributed by atoms with van der Waals surface area (Å²) >= 11 is 1.24. The summed E-state index contributed by atoms with van der Waals surface area (Å²) in [7, 11) is 0. The van der Waals surface area contributed by atoms with Gasteiger partial charge in [-0.05, 0) is 53.8 Å². The van der Waals surface area contributed by atoms with E-state index in [1.54, 1.807) is 62.4 Å². The zero-order chi connectivity index (χ0) is 46.4. The van der Waals surface area contributed by atoms with E-state index in [2.05, 4.69) is 10.6 Å². The maximum Gasteiger partial charge on any atom is 0.330 e. The molecule has 8 rings (SSSR count). The highest BCUT2D eigenvalue weighted by Gasteiger charge is 2.72. The van der Waals surface area contributed by atoms with E-state index in [1.165, 1.54) is 21.6 Å². The third kappa shape index (κ3) is 9.46. The molecule has 66 heavy (non-hydrogen) atoms. The molecule has 3 aliphatic rings. The number of benzene rings is 5. The molecule has 4 atom stereocenters. The number of nitrogens with one attached hydrogen (secondary N) is 2. The summed E-state index contributed by atoms with van der Waals surface area (Å²) in [6.07, 6.45) is 0. The van der Waals surface area contributed by atoms with E-state index < -0.39 is 70.0 Å². The summed E-state index contributed by atoms with van der Waals surface area (Å²) in [5.74, 6) is -3.25. The number of urea groups is 1. The van der Waals surface area contributed by atoms with Gasteiger partial charge in [0.2, 0.25) is 5.91 Å². The molecule has 3 fully saturated rings. The summed E-state index contributed by atoms with van der Waals surface area (Å²) in [6, 6.07) is 38.4. The van der Waals surface area contributed by atoms with Crippen LogP contribution >= 0.6 is 11.8 Å². The van der Waals surface area contributed by atoms with Crippen LogP contribution in [0.2, 0.25) is 0 Å². The minimum atomic E-state index is -1.85. The number of aliphatic hydroxyl groups is 1. The average Bonchev–Trinajstić information content (AvgIpc) is 3.61. The van der Waals surface area contributed by atoms with Gasteiger partial charge in [0.25, 0.3) is 5.91 Å². The molecule has 5 aromatic rings. The predicted octanol–water partition coefficient (Wildman–Crippen LogP) is 5.12. The maximum absolute atomic E-state index is 14.3. The Morgan fingerprint density at radius 1 is 0.712 bits per heavy atom. The van der Waals surface area contributed by atoms with Gasteiger partial charge in [0, 0.05) is 24.4 Å². The lowest BCUT2D eigenvalue weighted by molar-refractivity contribution is -0.174. The Balaban J connectivity index is 0.932. The van der Waals surface area contributed by atoms with E-state index in [0.29, 0.717) is 29.2 Å². The number of hydrogen-bond acceptors (Lipinski definition) is 11. The number of rotatable bonds is 16. The molecule has 5 aromatic carbocycles. The third-order valence-electron chi connectivity index (χ3n) is 11.8. The molecule has 0 aromatic heterocycles. The molecule has 1 unspecified atom stereocenters. The van der Waals surface area contributed by atoms with Gasteiger partial charge in [0.05, 0.1) is 6.61 Å². The molecule has 3 heterocycles. The van der Waals surface area contributed by atoms with Gasteiger partial charge >= 0.3 is 23.8 Å². The lowest BCUT2D eigenvalue weighted by atomic mass is 9.84.